The average Bonchev–Trinajstić information content (AvgIpc) is 3.18. The van der Waals surface area contributed by atoms with Crippen LogP contribution in [0.2, 0.25) is 5.02 Å². The molecule has 3 aromatic carbocycles. The summed E-state index contributed by atoms with van der Waals surface area (Å²) in [4.78, 5) is 15.3. The Balaban J connectivity index is 1.27. The van der Waals surface area contributed by atoms with Crippen molar-refractivity contribution in [3.63, 3.8) is 0 Å². The lowest BCUT2D eigenvalue weighted by Gasteiger charge is -2.31. The van der Waals surface area contributed by atoms with Gasteiger partial charge in [0.1, 0.15) is 5.82 Å². The zero-order chi connectivity index (χ0) is 24.4. The van der Waals surface area contributed by atoms with Crippen LogP contribution >= 0.6 is 11.6 Å². The number of rotatable bonds is 6. The first kappa shape index (κ1) is 23.6. The Morgan fingerprint density at radius 1 is 1.00 bits per heavy atom. The van der Waals surface area contributed by atoms with Crippen LogP contribution in [0.5, 0.6) is 0 Å². The van der Waals surface area contributed by atoms with Gasteiger partial charge >= 0.3 is 0 Å². The third kappa shape index (κ3) is 5.42. The summed E-state index contributed by atoms with van der Waals surface area (Å²) in [6, 6.07) is 22.9. The summed E-state index contributed by atoms with van der Waals surface area (Å²) in [6.45, 7) is 5.10. The topological polar surface area (TPSA) is 37.3 Å². The van der Waals surface area contributed by atoms with E-state index in [1.54, 1.807) is 18.2 Å². The van der Waals surface area contributed by atoms with E-state index in [1.807, 2.05) is 37.3 Å². The van der Waals surface area contributed by atoms with Gasteiger partial charge in [0.15, 0.2) is 0 Å². The van der Waals surface area contributed by atoms with Crippen LogP contribution in [0.15, 0.2) is 72.8 Å². The van der Waals surface area contributed by atoms with Crippen molar-refractivity contribution in [3.8, 4) is 0 Å². The highest BCUT2D eigenvalue weighted by atomic mass is 35.5. The highest BCUT2D eigenvalue weighted by molar-refractivity contribution is 6.31. The molecule has 0 radical (unpaired) electrons. The molecule has 180 valence electrons. The molecule has 35 heavy (non-hydrogen) atoms. The first-order chi connectivity index (χ1) is 17.0. The molecule has 2 heterocycles. The summed E-state index contributed by atoms with van der Waals surface area (Å²) in [5.74, 6) is -0.160. The molecule has 0 unspecified atom stereocenters. The standard InChI is InChI=1S/C29H29ClFN3O/c1-20-9-10-24(30)17-27(20)32-29(35)22-11-13-33(14-12-22)19-26-16-23-6-2-3-8-28(23)34(26)18-21-5-4-7-25(31)15-21/h2-10,15-17,22H,11-14,18-19H2,1H3,(H,32,35). The lowest BCUT2D eigenvalue weighted by molar-refractivity contribution is -0.121. The Labute approximate surface area is 210 Å². The minimum absolute atomic E-state index is 0.0113. The van der Waals surface area contributed by atoms with Crippen LogP contribution in [0.1, 0.15) is 29.7 Å². The molecule has 4 nitrogen and oxygen atoms in total. The number of benzene rings is 3. The predicted molar refractivity (Wildman–Crippen MR) is 140 cm³/mol. The van der Waals surface area contributed by atoms with Gasteiger partial charge in [-0.3, -0.25) is 9.69 Å². The van der Waals surface area contributed by atoms with Gasteiger partial charge in [-0.05, 0) is 85.8 Å². The number of nitrogens with zero attached hydrogens (tertiary/aromatic N) is 2. The monoisotopic (exact) mass is 489 g/mol. The number of carbonyl (C=O) groups excluding carboxylic acids is 1. The first-order valence-electron chi connectivity index (χ1n) is 12.1. The number of para-hydroxylation sites is 1. The smallest absolute Gasteiger partial charge is 0.227 e. The van der Waals surface area contributed by atoms with E-state index in [9.17, 15) is 9.18 Å². The molecule has 1 aromatic heterocycles. The molecule has 5 rings (SSSR count). The molecule has 1 N–H and O–H groups in total. The molecular weight excluding hydrogens is 461 g/mol. The Kier molecular flexibility index (Phi) is 6.89. The van der Waals surface area contributed by atoms with E-state index in [0.717, 1.165) is 54.8 Å². The van der Waals surface area contributed by atoms with Crippen LogP contribution in [-0.4, -0.2) is 28.5 Å². The number of piperidine rings is 1. The molecule has 0 aliphatic carbocycles. The van der Waals surface area contributed by atoms with Crippen molar-refractivity contribution in [2.24, 2.45) is 5.92 Å². The summed E-state index contributed by atoms with van der Waals surface area (Å²) in [5.41, 5.74) is 5.09. The van der Waals surface area contributed by atoms with Crippen molar-refractivity contribution < 1.29 is 9.18 Å². The number of amides is 1. The minimum Gasteiger partial charge on any atom is -0.339 e. The maximum Gasteiger partial charge on any atom is 0.227 e. The van der Waals surface area contributed by atoms with E-state index < -0.39 is 0 Å². The summed E-state index contributed by atoms with van der Waals surface area (Å²) in [5, 5.41) is 4.87. The Hall–Kier alpha value is -3.15. The first-order valence-corrected chi connectivity index (χ1v) is 12.4. The third-order valence-corrected chi connectivity index (χ3v) is 7.16. The van der Waals surface area contributed by atoms with Gasteiger partial charge in [0.25, 0.3) is 0 Å². The lowest BCUT2D eigenvalue weighted by atomic mass is 9.95. The fourth-order valence-corrected chi connectivity index (χ4v) is 5.12. The average molecular weight is 490 g/mol. The van der Waals surface area contributed by atoms with E-state index in [1.165, 1.54) is 17.1 Å². The number of aromatic nitrogens is 1. The number of nitrogens with one attached hydrogen (secondary N) is 1. The highest BCUT2D eigenvalue weighted by Gasteiger charge is 2.26. The quantitative estimate of drug-likeness (QED) is 0.329. The van der Waals surface area contributed by atoms with Crippen LogP contribution in [-0.2, 0) is 17.9 Å². The number of hydrogen-bond acceptors (Lipinski definition) is 2. The molecule has 1 amide bonds. The van der Waals surface area contributed by atoms with Gasteiger partial charge in [-0.2, -0.15) is 0 Å². The summed E-state index contributed by atoms with van der Waals surface area (Å²) < 4.78 is 16.1. The van der Waals surface area contributed by atoms with Crippen molar-refractivity contribution in [3.05, 3.63) is 100 Å². The van der Waals surface area contributed by atoms with Gasteiger partial charge in [-0.1, -0.05) is 48.0 Å². The maximum absolute atomic E-state index is 13.8. The normalized spacial score (nSPS) is 14.9. The lowest BCUT2D eigenvalue weighted by Crippen LogP contribution is -2.38. The summed E-state index contributed by atoms with van der Waals surface area (Å²) in [7, 11) is 0. The highest BCUT2D eigenvalue weighted by Crippen LogP contribution is 2.27. The zero-order valence-corrected chi connectivity index (χ0v) is 20.6. The fraction of sp³-hybridized carbons (Fsp3) is 0.276. The molecule has 1 fully saturated rings. The van der Waals surface area contributed by atoms with Gasteiger partial charge < -0.3 is 9.88 Å². The third-order valence-electron chi connectivity index (χ3n) is 6.93. The van der Waals surface area contributed by atoms with E-state index in [0.29, 0.717) is 11.6 Å². The number of fused-ring (bicyclic) bond motifs is 1. The molecule has 0 bridgehead atoms. The molecule has 6 heteroatoms. The van der Waals surface area contributed by atoms with Gasteiger partial charge in [0.05, 0.1) is 0 Å². The molecule has 1 aliphatic rings. The number of anilines is 1. The van der Waals surface area contributed by atoms with Crippen molar-refractivity contribution >= 4 is 34.1 Å². The second-order valence-corrected chi connectivity index (χ2v) is 9.85. The maximum atomic E-state index is 13.8. The molecule has 1 saturated heterocycles. The molecular formula is C29H29ClFN3O. The largest absolute Gasteiger partial charge is 0.339 e. The SMILES string of the molecule is Cc1ccc(Cl)cc1NC(=O)C1CCN(Cc2cc3ccccc3n2Cc2cccc(F)c2)CC1. The van der Waals surface area contributed by atoms with E-state index in [-0.39, 0.29) is 17.6 Å². The van der Waals surface area contributed by atoms with Gasteiger partial charge in [0, 0.05) is 40.9 Å². The van der Waals surface area contributed by atoms with Crippen molar-refractivity contribution in [1.82, 2.24) is 9.47 Å². The van der Waals surface area contributed by atoms with E-state index >= 15 is 0 Å². The van der Waals surface area contributed by atoms with Crippen LogP contribution < -0.4 is 5.32 Å². The molecule has 0 spiro atoms. The second-order valence-electron chi connectivity index (χ2n) is 9.41. The van der Waals surface area contributed by atoms with Crippen molar-refractivity contribution in [2.75, 3.05) is 18.4 Å². The van der Waals surface area contributed by atoms with Crippen LogP contribution in [0.3, 0.4) is 0 Å². The zero-order valence-electron chi connectivity index (χ0n) is 19.8. The summed E-state index contributed by atoms with van der Waals surface area (Å²) >= 11 is 6.10. The van der Waals surface area contributed by atoms with Crippen molar-refractivity contribution in [1.29, 1.82) is 0 Å². The Bertz CT molecular complexity index is 1360. The van der Waals surface area contributed by atoms with Gasteiger partial charge in [0.2, 0.25) is 5.91 Å². The molecule has 0 saturated carbocycles. The van der Waals surface area contributed by atoms with Gasteiger partial charge in [-0.15, -0.1) is 0 Å². The van der Waals surface area contributed by atoms with Crippen molar-refractivity contribution in [2.45, 2.75) is 32.9 Å². The minimum atomic E-state index is -0.214. The number of aryl methyl sites for hydroxylation is 1. The van der Waals surface area contributed by atoms with E-state index in [2.05, 4.69) is 33.0 Å². The summed E-state index contributed by atoms with van der Waals surface area (Å²) in [6.07, 6.45) is 1.63. The molecule has 4 aromatic rings. The number of carbonyl (C=O) groups is 1. The molecule has 0 atom stereocenters. The number of hydrogen-bond donors (Lipinski definition) is 1. The van der Waals surface area contributed by atoms with Gasteiger partial charge in [-0.25, -0.2) is 4.39 Å². The Morgan fingerprint density at radius 3 is 2.60 bits per heavy atom. The van der Waals surface area contributed by atoms with E-state index in [4.69, 9.17) is 11.6 Å². The molecule has 1 aliphatic heterocycles. The Morgan fingerprint density at radius 2 is 1.80 bits per heavy atom. The number of halogens is 2. The van der Waals surface area contributed by atoms with Crippen LogP contribution in [0, 0.1) is 18.7 Å². The second kappa shape index (κ2) is 10.2. The fourth-order valence-electron chi connectivity index (χ4n) is 4.95. The predicted octanol–water partition coefficient (Wildman–Crippen LogP) is 6.64. The van der Waals surface area contributed by atoms with Crippen LogP contribution in [0.4, 0.5) is 10.1 Å². The van der Waals surface area contributed by atoms with Crippen LogP contribution in [0.25, 0.3) is 10.9 Å². The number of likely N-dealkylation sites (tertiary alicyclic amines) is 1.